The van der Waals surface area contributed by atoms with Crippen LogP contribution in [0, 0.1) is 5.92 Å². The van der Waals surface area contributed by atoms with Crippen LogP contribution in [0.4, 0.5) is 0 Å². The normalized spacial score (nSPS) is 25.2. The number of nitrogens with one attached hydrogen (secondary N) is 1. The van der Waals surface area contributed by atoms with Crippen LogP contribution in [0.3, 0.4) is 0 Å². The number of halogens is 2. The number of sulfonamides is 1. The molecular weight excluding hydrogens is 358 g/mol. The molecular formula is C11H15BrClNO2S2. The first kappa shape index (κ1) is 14.8. The van der Waals surface area contributed by atoms with Gasteiger partial charge in [0.15, 0.2) is 0 Å². The zero-order chi connectivity index (χ0) is 13.2. The predicted molar refractivity (Wildman–Crippen MR) is 78.8 cm³/mol. The fourth-order valence-corrected chi connectivity index (χ4v) is 5.99. The van der Waals surface area contributed by atoms with Crippen molar-refractivity contribution < 1.29 is 8.42 Å². The van der Waals surface area contributed by atoms with Crippen molar-refractivity contribution in [3.05, 3.63) is 15.9 Å². The standard InChI is InChI=1S/C11H15BrClNO2S2/c12-9-5-6-17-11(9)18(15,16)14-7-8-3-1-2-4-10(8)13/h5-6,8,10,14H,1-4,7H2. The molecule has 1 aliphatic carbocycles. The fraction of sp³-hybridized carbons (Fsp3) is 0.636. The minimum Gasteiger partial charge on any atom is -0.210 e. The molecule has 0 amide bonds. The van der Waals surface area contributed by atoms with Gasteiger partial charge in [-0.1, -0.05) is 12.8 Å². The second-order valence-electron chi connectivity index (χ2n) is 4.47. The molecule has 0 aliphatic heterocycles. The average molecular weight is 373 g/mol. The van der Waals surface area contributed by atoms with Gasteiger partial charge in [-0.25, -0.2) is 13.1 Å². The fourth-order valence-electron chi connectivity index (χ4n) is 2.15. The van der Waals surface area contributed by atoms with Crippen molar-refractivity contribution in [1.82, 2.24) is 4.72 Å². The third kappa shape index (κ3) is 3.48. The van der Waals surface area contributed by atoms with Crippen LogP contribution in [0.15, 0.2) is 20.1 Å². The molecule has 1 aromatic rings. The van der Waals surface area contributed by atoms with Gasteiger partial charge in [-0.3, -0.25) is 0 Å². The molecule has 102 valence electrons. The topological polar surface area (TPSA) is 46.2 Å². The van der Waals surface area contributed by atoms with E-state index in [4.69, 9.17) is 11.6 Å². The first-order chi connectivity index (χ1) is 8.50. The van der Waals surface area contributed by atoms with Crippen LogP contribution >= 0.6 is 38.9 Å². The molecule has 0 aromatic carbocycles. The molecule has 18 heavy (non-hydrogen) atoms. The summed E-state index contributed by atoms with van der Waals surface area (Å²) < 4.78 is 27.8. The Morgan fingerprint density at radius 2 is 2.17 bits per heavy atom. The number of hydrogen-bond acceptors (Lipinski definition) is 3. The van der Waals surface area contributed by atoms with Gasteiger partial charge in [-0.05, 0) is 46.1 Å². The highest BCUT2D eigenvalue weighted by molar-refractivity contribution is 9.10. The summed E-state index contributed by atoms with van der Waals surface area (Å²) in [4.78, 5) is 0. The molecule has 2 rings (SSSR count). The molecule has 1 N–H and O–H groups in total. The first-order valence-corrected chi connectivity index (χ1v) is 9.46. The Hall–Kier alpha value is 0.380. The van der Waals surface area contributed by atoms with Crippen LogP contribution in [0.2, 0.25) is 0 Å². The lowest BCUT2D eigenvalue weighted by molar-refractivity contribution is 0.364. The van der Waals surface area contributed by atoms with Crippen LogP contribution < -0.4 is 4.72 Å². The summed E-state index contributed by atoms with van der Waals surface area (Å²) in [6, 6.07) is 1.74. The smallest absolute Gasteiger partial charge is 0.210 e. The summed E-state index contributed by atoms with van der Waals surface area (Å²) in [6.07, 6.45) is 4.27. The average Bonchev–Trinajstić information content (AvgIpc) is 2.75. The lowest BCUT2D eigenvalue weighted by atomic mass is 9.89. The van der Waals surface area contributed by atoms with E-state index in [1.54, 1.807) is 11.4 Å². The highest BCUT2D eigenvalue weighted by atomic mass is 79.9. The van der Waals surface area contributed by atoms with Crippen molar-refractivity contribution in [3.63, 3.8) is 0 Å². The van der Waals surface area contributed by atoms with Crippen molar-refractivity contribution in [2.45, 2.75) is 35.3 Å². The van der Waals surface area contributed by atoms with Crippen molar-refractivity contribution in [1.29, 1.82) is 0 Å². The molecule has 2 unspecified atom stereocenters. The minimum absolute atomic E-state index is 0.0910. The molecule has 0 radical (unpaired) electrons. The van der Waals surface area contributed by atoms with E-state index in [1.807, 2.05) is 0 Å². The minimum atomic E-state index is -3.41. The second-order valence-corrected chi connectivity index (χ2v) is 8.76. The maximum atomic E-state index is 12.1. The highest BCUT2D eigenvalue weighted by Gasteiger charge is 2.26. The molecule has 7 heteroatoms. The number of alkyl halides is 1. The summed E-state index contributed by atoms with van der Waals surface area (Å²) in [6.45, 7) is 0.431. The van der Waals surface area contributed by atoms with E-state index in [2.05, 4.69) is 20.7 Å². The van der Waals surface area contributed by atoms with Gasteiger partial charge in [0.05, 0.1) is 0 Å². The number of thiophene rings is 1. The number of rotatable bonds is 4. The van der Waals surface area contributed by atoms with Crippen molar-refractivity contribution in [2.24, 2.45) is 5.92 Å². The van der Waals surface area contributed by atoms with Gasteiger partial charge in [0, 0.05) is 16.4 Å². The molecule has 1 fully saturated rings. The van der Waals surface area contributed by atoms with E-state index in [9.17, 15) is 8.42 Å². The molecule has 3 nitrogen and oxygen atoms in total. The first-order valence-electron chi connectivity index (χ1n) is 5.87. The second kappa shape index (κ2) is 6.22. The summed E-state index contributed by atoms with van der Waals surface area (Å²) in [5, 5.41) is 1.84. The number of hydrogen-bond donors (Lipinski definition) is 1. The maximum absolute atomic E-state index is 12.1. The van der Waals surface area contributed by atoms with Gasteiger partial charge in [-0.2, -0.15) is 0 Å². The maximum Gasteiger partial charge on any atom is 0.251 e. The van der Waals surface area contributed by atoms with E-state index in [-0.39, 0.29) is 11.3 Å². The molecule has 1 saturated carbocycles. The molecule has 1 aromatic heterocycles. The molecule has 1 heterocycles. The third-order valence-corrected chi connectivity index (χ3v) is 7.85. The van der Waals surface area contributed by atoms with Crippen molar-refractivity contribution in [2.75, 3.05) is 6.54 Å². The van der Waals surface area contributed by atoms with Gasteiger partial charge >= 0.3 is 0 Å². The van der Waals surface area contributed by atoms with Gasteiger partial charge in [0.2, 0.25) is 0 Å². The molecule has 1 aliphatic rings. The summed E-state index contributed by atoms with van der Waals surface area (Å²) in [7, 11) is -3.41. The van der Waals surface area contributed by atoms with Crippen LogP contribution in [0.25, 0.3) is 0 Å². The summed E-state index contributed by atoms with van der Waals surface area (Å²) in [5.41, 5.74) is 0. The third-order valence-electron chi connectivity index (χ3n) is 3.18. The lowest BCUT2D eigenvalue weighted by Crippen LogP contribution is -2.34. The highest BCUT2D eigenvalue weighted by Crippen LogP contribution is 2.30. The van der Waals surface area contributed by atoms with Crippen LogP contribution in [-0.2, 0) is 10.0 Å². The predicted octanol–water partition coefficient (Wildman–Crippen LogP) is 3.59. The summed E-state index contributed by atoms with van der Waals surface area (Å²) in [5.74, 6) is 0.244. The quantitative estimate of drug-likeness (QED) is 0.821. The molecule has 0 bridgehead atoms. The molecule has 0 saturated heterocycles. The SMILES string of the molecule is O=S(=O)(NCC1CCCCC1Cl)c1sccc1Br. The lowest BCUT2D eigenvalue weighted by Gasteiger charge is -2.26. The van der Waals surface area contributed by atoms with E-state index in [0.29, 0.717) is 15.2 Å². The monoisotopic (exact) mass is 371 g/mol. The Labute approximate surface area is 125 Å². The molecule has 0 spiro atoms. The zero-order valence-corrected chi connectivity index (χ0v) is 13.7. The Bertz CT molecular complexity index is 503. The van der Waals surface area contributed by atoms with Crippen LogP contribution in [-0.4, -0.2) is 20.3 Å². The van der Waals surface area contributed by atoms with Gasteiger partial charge < -0.3 is 0 Å². The largest absolute Gasteiger partial charge is 0.251 e. The van der Waals surface area contributed by atoms with Crippen LogP contribution in [0.5, 0.6) is 0 Å². The Balaban J connectivity index is 1.99. The van der Waals surface area contributed by atoms with Gasteiger partial charge in [-0.15, -0.1) is 22.9 Å². The van der Waals surface area contributed by atoms with Crippen molar-refractivity contribution >= 4 is 48.9 Å². The Kier molecular flexibility index (Phi) is 5.11. The Morgan fingerprint density at radius 3 is 2.78 bits per heavy atom. The van der Waals surface area contributed by atoms with Crippen LogP contribution in [0.1, 0.15) is 25.7 Å². The zero-order valence-electron chi connectivity index (χ0n) is 9.73. The Morgan fingerprint density at radius 1 is 1.44 bits per heavy atom. The van der Waals surface area contributed by atoms with Gasteiger partial charge in [0.1, 0.15) is 4.21 Å². The van der Waals surface area contributed by atoms with E-state index in [1.165, 1.54) is 11.3 Å². The molecule has 2 atom stereocenters. The van der Waals surface area contributed by atoms with E-state index >= 15 is 0 Å². The van der Waals surface area contributed by atoms with Gasteiger partial charge in [0.25, 0.3) is 10.0 Å². The van der Waals surface area contributed by atoms with E-state index < -0.39 is 10.0 Å². The summed E-state index contributed by atoms with van der Waals surface area (Å²) >= 11 is 10.7. The van der Waals surface area contributed by atoms with E-state index in [0.717, 1.165) is 25.7 Å². The van der Waals surface area contributed by atoms with Crippen molar-refractivity contribution in [3.8, 4) is 0 Å².